The first-order valence-electron chi connectivity index (χ1n) is 8.81. The number of hydrogen-bond acceptors (Lipinski definition) is 6. The van der Waals surface area contributed by atoms with Gasteiger partial charge in [-0.3, -0.25) is 0 Å². The zero-order valence-electron chi connectivity index (χ0n) is 16.6. The van der Waals surface area contributed by atoms with Crippen molar-refractivity contribution < 1.29 is 28.5 Å². The van der Waals surface area contributed by atoms with Crippen LogP contribution in [0.5, 0.6) is 23.0 Å². The topological polar surface area (TPSA) is 63.2 Å². The number of carbonyl (C=O) groups excluding carboxylic acids is 1. The average molecular weight is 384 g/mol. The van der Waals surface area contributed by atoms with E-state index in [0.29, 0.717) is 23.0 Å². The molecular weight excluding hydrogens is 360 g/mol. The summed E-state index contributed by atoms with van der Waals surface area (Å²) >= 11 is 0. The molecule has 1 heterocycles. The molecule has 0 spiro atoms. The molecule has 6 nitrogen and oxygen atoms in total. The molecular formula is C22H24O6. The minimum Gasteiger partial charge on any atom is -0.493 e. The number of methoxy groups -OCH3 is 4. The molecule has 2 aromatic rings. The number of ether oxygens (including phenoxy) is 5. The molecule has 3 rings (SSSR count). The zero-order chi connectivity index (χ0) is 20.3. The molecule has 1 atom stereocenters. The molecule has 0 fully saturated rings. The molecule has 0 aliphatic carbocycles. The molecule has 0 saturated carbocycles. The van der Waals surface area contributed by atoms with Gasteiger partial charge in [-0.1, -0.05) is 12.1 Å². The molecule has 0 radical (unpaired) electrons. The van der Waals surface area contributed by atoms with Crippen molar-refractivity contribution in [3.05, 3.63) is 59.7 Å². The lowest BCUT2D eigenvalue weighted by Gasteiger charge is -2.33. The minimum atomic E-state index is -0.865. The molecule has 0 aromatic heterocycles. The van der Waals surface area contributed by atoms with Crippen LogP contribution in [0.15, 0.2) is 48.6 Å². The lowest BCUT2D eigenvalue weighted by Crippen LogP contribution is -2.33. The highest BCUT2D eigenvalue weighted by Crippen LogP contribution is 2.45. The second-order valence-electron chi connectivity index (χ2n) is 6.60. The second-order valence-corrected chi connectivity index (χ2v) is 6.60. The van der Waals surface area contributed by atoms with Crippen LogP contribution in [0.4, 0.5) is 0 Å². The van der Waals surface area contributed by atoms with E-state index in [0.717, 1.165) is 11.1 Å². The maximum atomic E-state index is 11.9. The van der Waals surface area contributed by atoms with Crippen molar-refractivity contribution in [1.29, 1.82) is 0 Å². The fraction of sp³-hybridized carbons (Fsp3) is 0.318. The summed E-state index contributed by atoms with van der Waals surface area (Å²) in [5, 5.41) is 0. The van der Waals surface area contributed by atoms with Gasteiger partial charge in [0.2, 0.25) is 0 Å². The van der Waals surface area contributed by atoms with Gasteiger partial charge in [0.1, 0.15) is 5.60 Å². The summed E-state index contributed by atoms with van der Waals surface area (Å²) in [6.07, 6.45) is 3.24. The van der Waals surface area contributed by atoms with E-state index in [1.165, 1.54) is 6.08 Å². The first-order valence-corrected chi connectivity index (χ1v) is 8.81. The van der Waals surface area contributed by atoms with Crippen molar-refractivity contribution in [3.63, 3.8) is 0 Å². The highest BCUT2D eigenvalue weighted by molar-refractivity contribution is 5.85. The van der Waals surface area contributed by atoms with Gasteiger partial charge in [-0.25, -0.2) is 4.79 Å². The Bertz CT molecular complexity index is 848. The molecule has 0 saturated heterocycles. The van der Waals surface area contributed by atoms with Crippen molar-refractivity contribution >= 4 is 5.97 Å². The third kappa shape index (κ3) is 3.50. The van der Waals surface area contributed by atoms with Crippen molar-refractivity contribution in [2.24, 2.45) is 0 Å². The Morgan fingerprint density at radius 2 is 1.25 bits per heavy atom. The molecule has 0 bridgehead atoms. The summed E-state index contributed by atoms with van der Waals surface area (Å²) in [6.45, 7) is 1.88. The fourth-order valence-electron chi connectivity index (χ4n) is 3.59. The lowest BCUT2D eigenvalue weighted by molar-refractivity contribution is -0.145. The third-order valence-electron chi connectivity index (χ3n) is 4.93. The van der Waals surface area contributed by atoms with Gasteiger partial charge in [0.05, 0.1) is 34.4 Å². The quantitative estimate of drug-likeness (QED) is 0.678. The summed E-state index contributed by atoms with van der Waals surface area (Å²) in [7, 11) is 6.35. The number of carbonyl (C=O) groups is 1. The summed E-state index contributed by atoms with van der Waals surface area (Å²) in [6, 6.07) is 11.3. The standard InChI is InChI=1S/C22H24O6/c1-22(11-10-20(23)28-22)21(14-6-8-16(24-2)18(12-14)26-4)15-7-9-17(25-3)19(13-15)27-5/h6-13,21H,1-5H3. The fourth-order valence-corrected chi connectivity index (χ4v) is 3.59. The lowest BCUT2D eigenvalue weighted by atomic mass is 9.78. The molecule has 2 aromatic carbocycles. The van der Waals surface area contributed by atoms with Gasteiger partial charge in [-0.15, -0.1) is 0 Å². The number of hydrogen-bond donors (Lipinski definition) is 0. The number of rotatable bonds is 7. The first-order chi connectivity index (χ1) is 13.5. The zero-order valence-corrected chi connectivity index (χ0v) is 16.6. The van der Waals surface area contributed by atoms with Crippen molar-refractivity contribution in [1.82, 2.24) is 0 Å². The summed E-state index contributed by atoms with van der Waals surface area (Å²) < 4.78 is 27.3. The van der Waals surface area contributed by atoms with Crippen LogP contribution in [0.2, 0.25) is 0 Å². The summed E-state index contributed by atoms with van der Waals surface area (Å²) in [4.78, 5) is 11.9. The van der Waals surface area contributed by atoms with Crippen LogP contribution in [0.1, 0.15) is 24.0 Å². The van der Waals surface area contributed by atoms with Gasteiger partial charge in [0.15, 0.2) is 23.0 Å². The highest BCUT2D eigenvalue weighted by atomic mass is 16.6. The van der Waals surface area contributed by atoms with Crippen molar-refractivity contribution in [3.8, 4) is 23.0 Å². The van der Waals surface area contributed by atoms with Crippen molar-refractivity contribution in [2.45, 2.75) is 18.4 Å². The molecule has 0 N–H and O–H groups in total. The van der Waals surface area contributed by atoms with E-state index in [9.17, 15) is 4.79 Å². The van der Waals surface area contributed by atoms with Crippen LogP contribution in [0.25, 0.3) is 0 Å². The monoisotopic (exact) mass is 384 g/mol. The maximum absolute atomic E-state index is 11.9. The van der Waals surface area contributed by atoms with E-state index in [1.54, 1.807) is 34.5 Å². The van der Waals surface area contributed by atoms with Gasteiger partial charge in [0.25, 0.3) is 0 Å². The van der Waals surface area contributed by atoms with E-state index in [-0.39, 0.29) is 11.9 Å². The number of esters is 1. The molecule has 0 amide bonds. The normalized spacial score (nSPS) is 18.1. The summed E-state index contributed by atoms with van der Waals surface area (Å²) in [5.74, 6) is 1.79. The third-order valence-corrected chi connectivity index (χ3v) is 4.93. The molecule has 1 unspecified atom stereocenters. The van der Waals surface area contributed by atoms with Crippen molar-refractivity contribution in [2.75, 3.05) is 28.4 Å². The highest BCUT2D eigenvalue weighted by Gasteiger charge is 2.41. The molecule has 6 heteroatoms. The minimum absolute atomic E-state index is 0.296. The van der Waals surface area contributed by atoms with E-state index in [2.05, 4.69) is 0 Å². The largest absolute Gasteiger partial charge is 0.493 e. The molecule has 1 aliphatic rings. The van der Waals surface area contributed by atoms with Gasteiger partial charge >= 0.3 is 5.97 Å². The Labute approximate surface area is 164 Å². The Kier molecular flexibility index (Phi) is 5.49. The van der Waals surface area contributed by atoms with Crippen LogP contribution in [-0.2, 0) is 9.53 Å². The number of benzene rings is 2. The Hall–Kier alpha value is -3.15. The predicted molar refractivity (Wildman–Crippen MR) is 105 cm³/mol. The molecule has 148 valence electrons. The predicted octanol–water partition coefficient (Wildman–Crippen LogP) is 3.72. The van der Waals surface area contributed by atoms with E-state index in [4.69, 9.17) is 23.7 Å². The Morgan fingerprint density at radius 1 is 0.786 bits per heavy atom. The van der Waals surface area contributed by atoms with Gasteiger partial charge in [-0.05, 0) is 48.4 Å². The summed E-state index contributed by atoms with van der Waals surface area (Å²) in [5.41, 5.74) is 0.953. The van der Waals surface area contributed by atoms with Gasteiger partial charge in [-0.2, -0.15) is 0 Å². The average Bonchev–Trinajstić information content (AvgIpc) is 3.06. The van der Waals surface area contributed by atoms with Gasteiger partial charge in [0, 0.05) is 6.08 Å². The van der Waals surface area contributed by atoms with Crippen LogP contribution >= 0.6 is 0 Å². The van der Waals surface area contributed by atoms with Crippen LogP contribution in [-0.4, -0.2) is 40.0 Å². The molecule has 28 heavy (non-hydrogen) atoms. The van der Waals surface area contributed by atoms with E-state index in [1.807, 2.05) is 43.3 Å². The molecule has 1 aliphatic heterocycles. The second kappa shape index (κ2) is 7.84. The van der Waals surface area contributed by atoms with E-state index < -0.39 is 5.60 Å². The first kappa shape index (κ1) is 19.6. The number of cyclic esters (lactones) is 1. The van der Waals surface area contributed by atoms with Crippen LogP contribution < -0.4 is 18.9 Å². The SMILES string of the molecule is COc1ccc(C(c2ccc(OC)c(OC)c2)C2(C)C=CC(=O)O2)cc1OC. The smallest absolute Gasteiger partial charge is 0.331 e. The maximum Gasteiger partial charge on any atom is 0.331 e. The van der Waals surface area contributed by atoms with Gasteiger partial charge < -0.3 is 23.7 Å². The Balaban J connectivity index is 2.17. The van der Waals surface area contributed by atoms with Crippen LogP contribution in [0.3, 0.4) is 0 Å². The Morgan fingerprint density at radius 3 is 1.61 bits per heavy atom. The van der Waals surface area contributed by atoms with Crippen LogP contribution in [0, 0.1) is 0 Å². The van der Waals surface area contributed by atoms with E-state index >= 15 is 0 Å².